The summed E-state index contributed by atoms with van der Waals surface area (Å²) < 4.78 is 0. The average Bonchev–Trinajstić information content (AvgIpc) is 2.37. The van der Waals surface area contributed by atoms with Crippen molar-refractivity contribution >= 4 is 0 Å². The lowest BCUT2D eigenvalue weighted by atomic mass is 9.90. The Hall–Kier alpha value is -1.77. The summed E-state index contributed by atoms with van der Waals surface area (Å²) in [5, 5.41) is 0. The van der Waals surface area contributed by atoms with Crippen molar-refractivity contribution in [1.82, 2.24) is 15.0 Å². The van der Waals surface area contributed by atoms with Gasteiger partial charge in [-0.3, -0.25) is 4.98 Å². The van der Waals surface area contributed by atoms with Crippen LogP contribution in [0.25, 0.3) is 11.4 Å². The molecule has 0 atom stereocenters. The van der Waals surface area contributed by atoms with Gasteiger partial charge in [0.2, 0.25) is 0 Å². The van der Waals surface area contributed by atoms with Crippen LogP contribution < -0.4 is 0 Å². The minimum Gasteiger partial charge on any atom is -0.251 e. The maximum atomic E-state index is 4.75. The molecule has 106 valence electrons. The molecular formula is C17H23N3. The second-order valence-corrected chi connectivity index (χ2v) is 7.20. The van der Waals surface area contributed by atoms with Crippen LogP contribution in [-0.4, -0.2) is 15.0 Å². The molecule has 0 unspecified atom stereocenters. The number of aromatic nitrogens is 3. The molecule has 3 heteroatoms. The van der Waals surface area contributed by atoms with Gasteiger partial charge in [0.1, 0.15) is 6.33 Å². The molecule has 0 radical (unpaired) electrons. The summed E-state index contributed by atoms with van der Waals surface area (Å²) in [7, 11) is 0. The molecule has 2 heterocycles. The monoisotopic (exact) mass is 269 g/mol. The summed E-state index contributed by atoms with van der Waals surface area (Å²) in [6, 6.07) is 8.15. The van der Waals surface area contributed by atoms with Crippen LogP contribution in [0.4, 0.5) is 0 Å². The largest absolute Gasteiger partial charge is 0.251 e. The van der Waals surface area contributed by atoms with Crippen molar-refractivity contribution in [3.63, 3.8) is 0 Å². The average molecular weight is 269 g/mol. The topological polar surface area (TPSA) is 38.7 Å². The summed E-state index contributed by atoms with van der Waals surface area (Å²) >= 11 is 0. The fourth-order valence-electron chi connectivity index (χ4n) is 1.90. The van der Waals surface area contributed by atoms with Crippen LogP contribution in [0.2, 0.25) is 0 Å². The summed E-state index contributed by atoms with van der Waals surface area (Å²) in [5.74, 6) is 0. The molecule has 0 aromatic carbocycles. The minimum absolute atomic E-state index is 0.0132. The molecule has 0 spiro atoms. The van der Waals surface area contributed by atoms with E-state index >= 15 is 0 Å². The van der Waals surface area contributed by atoms with E-state index in [1.807, 2.05) is 18.2 Å². The van der Waals surface area contributed by atoms with Gasteiger partial charge in [-0.05, 0) is 18.2 Å². The van der Waals surface area contributed by atoms with Crippen LogP contribution in [0, 0.1) is 0 Å². The number of hydrogen-bond acceptors (Lipinski definition) is 3. The van der Waals surface area contributed by atoms with Crippen LogP contribution in [0.15, 0.2) is 30.6 Å². The van der Waals surface area contributed by atoms with Crippen molar-refractivity contribution in [2.45, 2.75) is 52.4 Å². The highest BCUT2D eigenvalue weighted by Gasteiger charge is 2.18. The fourth-order valence-corrected chi connectivity index (χ4v) is 1.90. The molecular weight excluding hydrogens is 246 g/mol. The van der Waals surface area contributed by atoms with E-state index < -0.39 is 0 Å². The summed E-state index contributed by atoms with van der Waals surface area (Å²) in [6.07, 6.45) is 1.63. The van der Waals surface area contributed by atoms with Gasteiger partial charge >= 0.3 is 0 Å². The second-order valence-electron chi connectivity index (χ2n) is 7.20. The molecule has 0 aliphatic rings. The Balaban J connectivity index is 2.47. The van der Waals surface area contributed by atoms with Gasteiger partial charge in [0, 0.05) is 22.2 Å². The summed E-state index contributed by atoms with van der Waals surface area (Å²) in [4.78, 5) is 13.5. The summed E-state index contributed by atoms with van der Waals surface area (Å²) in [5.41, 5.74) is 3.95. The zero-order chi connectivity index (χ0) is 15.0. The number of nitrogens with zero attached hydrogens (tertiary/aromatic N) is 3. The van der Waals surface area contributed by atoms with Gasteiger partial charge in [-0.15, -0.1) is 0 Å². The molecule has 0 amide bonds. The van der Waals surface area contributed by atoms with E-state index in [1.54, 1.807) is 6.33 Å². The van der Waals surface area contributed by atoms with Crippen molar-refractivity contribution in [1.29, 1.82) is 0 Å². The van der Waals surface area contributed by atoms with Crippen LogP contribution in [0.5, 0.6) is 0 Å². The third-order valence-electron chi connectivity index (χ3n) is 3.22. The minimum atomic E-state index is 0.0132. The maximum Gasteiger partial charge on any atom is 0.116 e. The van der Waals surface area contributed by atoms with E-state index in [9.17, 15) is 0 Å². The van der Waals surface area contributed by atoms with E-state index in [2.05, 4.69) is 57.6 Å². The SMILES string of the molecule is CC(C)(C)c1cc(-c2cccc(C(C)(C)C)n2)ncn1. The number of rotatable bonds is 1. The third-order valence-corrected chi connectivity index (χ3v) is 3.22. The van der Waals surface area contributed by atoms with Gasteiger partial charge in [-0.25, -0.2) is 9.97 Å². The van der Waals surface area contributed by atoms with Crippen LogP contribution >= 0.6 is 0 Å². The molecule has 0 N–H and O–H groups in total. The normalized spacial score (nSPS) is 12.5. The molecule has 2 rings (SSSR count). The predicted molar refractivity (Wildman–Crippen MR) is 82.7 cm³/mol. The molecule has 2 aromatic heterocycles. The lowest BCUT2D eigenvalue weighted by Crippen LogP contribution is -2.15. The molecule has 0 aliphatic carbocycles. The van der Waals surface area contributed by atoms with Crippen LogP contribution in [-0.2, 0) is 10.8 Å². The first-order valence-corrected chi connectivity index (χ1v) is 6.98. The lowest BCUT2D eigenvalue weighted by molar-refractivity contribution is 0.565. The maximum absolute atomic E-state index is 4.75. The first-order chi connectivity index (χ1) is 9.18. The van der Waals surface area contributed by atoms with E-state index in [4.69, 9.17) is 4.98 Å². The highest BCUT2D eigenvalue weighted by atomic mass is 14.9. The van der Waals surface area contributed by atoms with Gasteiger partial charge in [-0.1, -0.05) is 47.6 Å². The summed E-state index contributed by atoms with van der Waals surface area (Å²) in [6.45, 7) is 13.0. The van der Waals surface area contributed by atoms with Crippen molar-refractivity contribution in [2.24, 2.45) is 0 Å². The molecule has 20 heavy (non-hydrogen) atoms. The molecule has 2 aromatic rings. The van der Waals surface area contributed by atoms with Crippen molar-refractivity contribution in [3.8, 4) is 11.4 Å². The number of hydrogen-bond donors (Lipinski definition) is 0. The quantitative estimate of drug-likeness (QED) is 0.781. The molecule has 0 fully saturated rings. The third kappa shape index (κ3) is 3.21. The zero-order valence-electron chi connectivity index (χ0n) is 13.2. The van der Waals surface area contributed by atoms with Crippen LogP contribution in [0.3, 0.4) is 0 Å². The standard InChI is InChI=1S/C17H23N3/c1-16(2,3)14-9-7-8-12(20-14)13-10-15(17(4,5)6)19-11-18-13/h7-11H,1-6H3. The van der Waals surface area contributed by atoms with Gasteiger partial charge in [-0.2, -0.15) is 0 Å². The molecule has 3 nitrogen and oxygen atoms in total. The first kappa shape index (κ1) is 14.6. The Morgan fingerprint density at radius 2 is 1.40 bits per heavy atom. The van der Waals surface area contributed by atoms with Gasteiger partial charge in [0.25, 0.3) is 0 Å². The number of pyridine rings is 1. The smallest absolute Gasteiger partial charge is 0.116 e. The van der Waals surface area contributed by atoms with Crippen molar-refractivity contribution in [3.05, 3.63) is 42.0 Å². The molecule has 0 aliphatic heterocycles. The first-order valence-electron chi connectivity index (χ1n) is 6.98. The van der Waals surface area contributed by atoms with Gasteiger partial charge in [0.05, 0.1) is 11.4 Å². The highest BCUT2D eigenvalue weighted by molar-refractivity contribution is 5.54. The fraction of sp³-hybridized carbons (Fsp3) is 0.471. The van der Waals surface area contributed by atoms with E-state index in [1.165, 1.54) is 0 Å². The Bertz CT molecular complexity index is 549. The highest BCUT2D eigenvalue weighted by Crippen LogP contribution is 2.25. The van der Waals surface area contributed by atoms with E-state index in [0.29, 0.717) is 0 Å². The van der Waals surface area contributed by atoms with Crippen LogP contribution in [0.1, 0.15) is 52.9 Å². The molecule has 0 saturated carbocycles. The Kier molecular flexibility index (Phi) is 3.63. The van der Waals surface area contributed by atoms with Crippen molar-refractivity contribution < 1.29 is 0 Å². The molecule has 0 saturated heterocycles. The Labute approximate surface area is 121 Å². The second kappa shape index (κ2) is 4.97. The van der Waals surface area contributed by atoms with E-state index in [-0.39, 0.29) is 10.8 Å². The molecule has 0 bridgehead atoms. The van der Waals surface area contributed by atoms with Gasteiger partial charge < -0.3 is 0 Å². The Morgan fingerprint density at radius 1 is 0.750 bits per heavy atom. The predicted octanol–water partition coefficient (Wildman–Crippen LogP) is 4.13. The zero-order valence-corrected chi connectivity index (χ0v) is 13.2. The Morgan fingerprint density at radius 3 is 2.00 bits per heavy atom. The van der Waals surface area contributed by atoms with Crippen molar-refractivity contribution in [2.75, 3.05) is 0 Å². The van der Waals surface area contributed by atoms with E-state index in [0.717, 1.165) is 22.8 Å². The lowest BCUT2D eigenvalue weighted by Gasteiger charge is -2.19. The van der Waals surface area contributed by atoms with Gasteiger partial charge in [0.15, 0.2) is 0 Å².